The number of amides is 4. The Bertz CT molecular complexity index is 1650. The second-order valence-corrected chi connectivity index (χ2v) is 14.3. The van der Waals surface area contributed by atoms with Crippen LogP contribution in [0, 0.1) is 11.8 Å². The second kappa shape index (κ2) is 21.7. The summed E-state index contributed by atoms with van der Waals surface area (Å²) in [6.07, 6.45) is 1.43. The van der Waals surface area contributed by atoms with Crippen LogP contribution in [0.25, 0.3) is 10.8 Å². The highest BCUT2D eigenvalue weighted by molar-refractivity contribution is 6.09. The molecule has 0 aliphatic heterocycles. The lowest BCUT2D eigenvalue weighted by atomic mass is 9.95. The summed E-state index contributed by atoms with van der Waals surface area (Å²) < 4.78 is 5.41. The van der Waals surface area contributed by atoms with Crippen molar-refractivity contribution in [2.24, 2.45) is 11.8 Å². The summed E-state index contributed by atoms with van der Waals surface area (Å²) in [7, 11) is 0. The van der Waals surface area contributed by atoms with Gasteiger partial charge in [-0.15, -0.1) is 0 Å². The number of hydrogen-bond acceptors (Lipinski definition) is 7. The van der Waals surface area contributed by atoms with Crippen LogP contribution in [0.2, 0.25) is 0 Å². The standard InChI is InChI=1S/C42H58N4O7/c1-7-8-20-37(40(50)45-35(24-28(2)3)38(48)25-33(22-23-47)39(49)43-26-29(4)5)46(36-21-14-18-32-17-12-13-19-34(32)36)41(51)30(6)44-42(52)53-27-31-15-10-9-11-16-31/h9-19,21,25,28-30,35,37-38,47-48H,7-8,20,22-24,26-27H2,1-6H3,(H,43,49)(H,44,52)(H,45,50)/b33-25+/t30-,35-,37-,38-/m0/s1. The Morgan fingerprint density at radius 1 is 0.868 bits per heavy atom. The van der Waals surface area contributed by atoms with Crippen molar-refractivity contribution in [2.45, 2.75) is 104 Å². The monoisotopic (exact) mass is 730 g/mol. The van der Waals surface area contributed by atoms with Gasteiger partial charge in [0.05, 0.1) is 17.8 Å². The smallest absolute Gasteiger partial charge is 0.408 e. The molecule has 4 atom stereocenters. The number of benzene rings is 3. The quantitative estimate of drug-likeness (QED) is 0.0891. The number of alkyl carbamates (subject to hydrolysis) is 1. The normalized spacial score (nSPS) is 14.0. The summed E-state index contributed by atoms with van der Waals surface area (Å²) in [6.45, 7) is 11.6. The number of aliphatic hydroxyl groups excluding tert-OH is 2. The van der Waals surface area contributed by atoms with Gasteiger partial charge in [0.25, 0.3) is 0 Å². The Labute approximate surface area is 314 Å². The molecule has 0 saturated heterocycles. The largest absolute Gasteiger partial charge is 0.445 e. The summed E-state index contributed by atoms with van der Waals surface area (Å²) in [6, 6.07) is 19.4. The molecular formula is C42H58N4O7. The van der Waals surface area contributed by atoms with E-state index in [9.17, 15) is 29.4 Å². The molecule has 3 aromatic rings. The van der Waals surface area contributed by atoms with Crippen LogP contribution in [0.15, 0.2) is 84.4 Å². The van der Waals surface area contributed by atoms with E-state index in [1.807, 2.05) is 101 Å². The third-order valence-electron chi connectivity index (χ3n) is 8.81. The molecule has 53 heavy (non-hydrogen) atoms. The SMILES string of the molecule is CCCC[C@@H](C(=O)N[C@@H](CC(C)C)[C@@H](O)/C=C(\CCO)C(=O)NCC(C)C)N(C(=O)[C@H](C)NC(=O)OCc1ccccc1)c1cccc2ccccc12. The number of aliphatic hydroxyl groups is 2. The minimum Gasteiger partial charge on any atom is -0.445 e. The first-order valence-electron chi connectivity index (χ1n) is 18.7. The Kier molecular flexibility index (Phi) is 17.5. The van der Waals surface area contributed by atoms with E-state index >= 15 is 0 Å². The fourth-order valence-corrected chi connectivity index (χ4v) is 6.04. The number of fused-ring (bicyclic) bond motifs is 1. The van der Waals surface area contributed by atoms with E-state index in [1.165, 1.54) is 11.0 Å². The predicted molar refractivity (Wildman–Crippen MR) is 209 cm³/mol. The first-order valence-corrected chi connectivity index (χ1v) is 18.7. The van der Waals surface area contributed by atoms with E-state index in [2.05, 4.69) is 16.0 Å². The number of hydrogen-bond donors (Lipinski definition) is 5. The summed E-state index contributed by atoms with van der Waals surface area (Å²) in [5.74, 6) is -1.13. The second-order valence-electron chi connectivity index (χ2n) is 14.3. The first kappa shape index (κ1) is 42.7. The van der Waals surface area contributed by atoms with E-state index in [0.717, 1.165) is 22.8 Å². The highest BCUT2D eigenvalue weighted by atomic mass is 16.5. The topological polar surface area (TPSA) is 157 Å². The van der Waals surface area contributed by atoms with Crippen LogP contribution in [0.1, 0.15) is 79.2 Å². The number of carbonyl (C=O) groups excluding carboxylic acids is 4. The van der Waals surface area contributed by atoms with Crippen LogP contribution >= 0.6 is 0 Å². The van der Waals surface area contributed by atoms with E-state index in [-0.39, 0.29) is 37.0 Å². The van der Waals surface area contributed by atoms with Gasteiger partial charge in [-0.3, -0.25) is 19.3 Å². The minimum atomic E-state index is -1.26. The molecule has 0 aromatic heterocycles. The van der Waals surface area contributed by atoms with Crippen molar-refractivity contribution < 1.29 is 34.1 Å². The first-order chi connectivity index (χ1) is 25.4. The molecule has 0 fully saturated rings. The van der Waals surface area contributed by atoms with Gasteiger partial charge in [0.2, 0.25) is 17.7 Å². The van der Waals surface area contributed by atoms with Crippen molar-refractivity contribution in [1.82, 2.24) is 16.0 Å². The zero-order valence-electron chi connectivity index (χ0n) is 32.0. The number of nitrogens with zero attached hydrogens (tertiary/aromatic N) is 1. The van der Waals surface area contributed by atoms with Crippen LogP contribution in [0.3, 0.4) is 0 Å². The van der Waals surface area contributed by atoms with Crippen molar-refractivity contribution in [1.29, 1.82) is 0 Å². The Morgan fingerprint density at radius 2 is 1.55 bits per heavy atom. The summed E-state index contributed by atoms with van der Waals surface area (Å²) in [5, 5.41) is 31.4. The average molecular weight is 731 g/mol. The molecule has 0 bridgehead atoms. The van der Waals surface area contributed by atoms with Crippen molar-refractivity contribution in [3.8, 4) is 0 Å². The molecule has 5 N–H and O–H groups in total. The summed E-state index contributed by atoms with van der Waals surface area (Å²) in [4.78, 5) is 56.4. The third kappa shape index (κ3) is 13.3. The highest BCUT2D eigenvalue weighted by Crippen LogP contribution is 2.31. The van der Waals surface area contributed by atoms with Gasteiger partial charge in [0.15, 0.2) is 0 Å². The van der Waals surface area contributed by atoms with Crippen LogP contribution in [-0.4, -0.2) is 71.4 Å². The van der Waals surface area contributed by atoms with Gasteiger partial charge >= 0.3 is 6.09 Å². The van der Waals surface area contributed by atoms with Gasteiger partial charge in [-0.05, 0) is 54.7 Å². The molecule has 0 aliphatic carbocycles. The molecule has 3 rings (SSSR count). The number of ether oxygens (including phenoxy) is 1. The molecular weight excluding hydrogens is 672 g/mol. The maximum atomic E-state index is 14.6. The zero-order valence-corrected chi connectivity index (χ0v) is 32.0. The molecule has 11 heteroatoms. The van der Waals surface area contributed by atoms with Crippen LogP contribution in [0.4, 0.5) is 10.5 Å². The maximum absolute atomic E-state index is 14.6. The molecule has 0 spiro atoms. The molecule has 0 saturated carbocycles. The fourth-order valence-electron chi connectivity index (χ4n) is 6.04. The van der Waals surface area contributed by atoms with Crippen molar-refractivity contribution >= 4 is 40.3 Å². The molecule has 0 radical (unpaired) electrons. The van der Waals surface area contributed by atoms with E-state index in [1.54, 1.807) is 13.0 Å². The predicted octanol–water partition coefficient (Wildman–Crippen LogP) is 6.02. The fraction of sp³-hybridized carbons (Fsp3) is 0.476. The Hall–Kier alpha value is -4.74. The molecule has 3 aromatic carbocycles. The average Bonchev–Trinajstić information content (AvgIpc) is 3.13. The highest BCUT2D eigenvalue weighted by Gasteiger charge is 2.36. The third-order valence-corrected chi connectivity index (χ3v) is 8.81. The van der Waals surface area contributed by atoms with Crippen molar-refractivity contribution in [2.75, 3.05) is 18.1 Å². The van der Waals surface area contributed by atoms with Gasteiger partial charge in [-0.1, -0.05) is 114 Å². The van der Waals surface area contributed by atoms with Crippen LogP contribution in [0.5, 0.6) is 0 Å². The number of carbonyl (C=O) groups is 4. The molecule has 0 heterocycles. The van der Waals surface area contributed by atoms with Crippen LogP contribution < -0.4 is 20.9 Å². The van der Waals surface area contributed by atoms with Crippen molar-refractivity contribution in [3.05, 3.63) is 90.0 Å². The molecule has 288 valence electrons. The summed E-state index contributed by atoms with van der Waals surface area (Å²) in [5.41, 5.74) is 1.52. The van der Waals surface area contributed by atoms with Gasteiger partial charge in [0, 0.05) is 30.5 Å². The molecule has 11 nitrogen and oxygen atoms in total. The van der Waals surface area contributed by atoms with Gasteiger partial charge < -0.3 is 30.9 Å². The van der Waals surface area contributed by atoms with Gasteiger partial charge in [-0.2, -0.15) is 0 Å². The van der Waals surface area contributed by atoms with E-state index in [4.69, 9.17) is 4.74 Å². The number of anilines is 1. The Balaban J connectivity index is 2.00. The lowest BCUT2D eigenvalue weighted by molar-refractivity contribution is -0.128. The van der Waals surface area contributed by atoms with Gasteiger partial charge in [-0.25, -0.2) is 4.79 Å². The summed E-state index contributed by atoms with van der Waals surface area (Å²) >= 11 is 0. The number of rotatable bonds is 20. The molecule has 0 aliphatic rings. The van der Waals surface area contributed by atoms with Gasteiger partial charge in [0.1, 0.15) is 18.7 Å². The maximum Gasteiger partial charge on any atom is 0.408 e. The molecule has 4 amide bonds. The van der Waals surface area contributed by atoms with Crippen LogP contribution in [-0.2, 0) is 25.7 Å². The lowest BCUT2D eigenvalue weighted by Crippen LogP contribution is -2.58. The minimum absolute atomic E-state index is 0.0234. The number of nitrogens with one attached hydrogen (secondary N) is 3. The lowest BCUT2D eigenvalue weighted by Gasteiger charge is -2.35. The number of unbranched alkanes of at least 4 members (excludes halogenated alkanes) is 1. The Morgan fingerprint density at radius 3 is 2.21 bits per heavy atom. The molecule has 0 unspecified atom stereocenters. The van der Waals surface area contributed by atoms with E-state index < -0.39 is 48.0 Å². The van der Waals surface area contributed by atoms with Crippen molar-refractivity contribution in [3.63, 3.8) is 0 Å². The zero-order chi connectivity index (χ0) is 38.9. The van der Waals surface area contributed by atoms with E-state index in [0.29, 0.717) is 31.5 Å².